The molecule has 0 unspecified atom stereocenters. The Morgan fingerprint density at radius 2 is 1.72 bits per heavy atom. The van der Waals surface area contributed by atoms with Gasteiger partial charge in [0.25, 0.3) is 0 Å². The van der Waals surface area contributed by atoms with Crippen molar-refractivity contribution in [2.75, 3.05) is 17.3 Å². The van der Waals surface area contributed by atoms with Crippen molar-refractivity contribution in [2.24, 2.45) is 0 Å². The standard InChI is InChI=1S/C18H20ClNO3S2/c1-11-7-12(2)18(13(3)8-11)24-10-17(21)20-16-9-14(25(4,22)23)5-6-15(16)19/h5-9H,10H2,1-4H3,(H,20,21). The van der Waals surface area contributed by atoms with Crippen LogP contribution in [0.4, 0.5) is 5.69 Å². The van der Waals surface area contributed by atoms with E-state index >= 15 is 0 Å². The molecule has 0 aliphatic carbocycles. The van der Waals surface area contributed by atoms with Crippen LogP contribution in [0.3, 0.4) is 0 Å². The topological polar surface area (TPSA) is 63.2 Å². The number of hydrogen-bond acceptors (Lipinski definition) is 4. The highest BCUT2D eigenvalue weighted by atomic mass is 35.5. The predicted molar refractivity (Wildman–Crippen MR) is 105 cm³/mol. The molecule has 0 aromatic heterocycles. The van der Waals surface area contributed by atoms with Gasteiger partial charge in [0.05, 0.1) is 21.4 Å². The van der Waals surface area contributed by atoms with E-state index in [1.54, 1.807) is 0 Å². The average molecular weight is 398 g/mol. The number of benzene rings is 2. The fourth-order valence-electron chi connectivity index (χ4n) is 2.55. The third-order valence-electron chi connectivity index (χ3n) is 3.59. The highest BCUT2D eigenvalue weighted by Gasteiger charge is 2.13. The number of thioether (sulfide) groups is 1. The van der Waals surface area contributed by atoms with Gasteiger partial charge in [-0.2, -0.15) is 0 Å². The average Bonchev–Trinajstić information content (AvgIpc) is 2.47. The van der Waals surface area contributed by atoms with Crippen LogP contribution < -0.4 is 5.32 Å². The number of anilines is 1. The van der Waals surface area contributed by atoms with Crippen LogP contribution in [0.25, 0.3) is 0 Å². The van der Waals surface area contributed by atoms with Gasteiger partial charge in [-0.1, -0.05) is 29.3 Å². The predicted octanol–water partition coefficient (Wildman–Crippen LogP) is 4.40. The summed E-state index contributed by atoms with van der Waals surface area (Å²) in [6.07, 6.45) is 1.11. The number of sulfone groups is 1. The molecule has 25 heavy (non-hydrogen) atoms. The Hall–Kier alpha value is -1.50. The lowest BCUT2D eigenvalue weighted by molar-refractivity contribution is -0.113. The number of aryl methyl sites for hydroxylation is 3. The zero-order chi connectivity index (χ0) is 18.8. The van der Waals surface area contributed by atoms with E-state index in [1.807, 2.05) is 20.8 Å². The highest BCUT2D eigenvalue weighted by Crippen LogP contribution is 2.29. The second kappa shape index (κ2) is 7.81. The van der Waals surface area contributed by atoms with E-state index in [4.69, 9.17) is 11.6 Å². The first kappa shape index (κ1) is 19.8. The molecule has 4 nitrogen and oxygen atoms in total. The third kappa shape index (κ3) is 5.23. The van der Waals surface area contributed by atoms with Gasteiger partial charge in [0.2, 0.25) is 5.91 Å². The van der Waals surface area contributed by atoms with Crippen molar-refractivity contribution in [1.29, 1.82) is 0 Å². The Morgan fingerprint density at radius 1 is 1.12 bits per heavy atom. The maximum atomic E-state index is 12.2. The molecule has 0 heterocycles. The number of carbonyl (C=O) groups excluding carboxylic acids is 1. The summed E-state index contributed by atoms with van der Waals surface area (Å²) in [5.41, 5.74) is 3.75. The van der Waals surface area contributed by atoms with Gasteiger partial charge in [0.1, 0.15) is 0 Å². The molecule has 0 fully saturated rings. The van der Waals surface area contributed by atoms with Crippen LogP contribution in [0.15, 0.2) is 40.1 Å². The van der Waals surface area contributed by atoms with Gasteiger partial charge in [0.15, 0.2) is 9.84 Å². The SMILES string of the molecule is Cc1cc(C)c(SCC(=O)Nc2cc(S(C)(=O)=O)ccc2Cl)c(C)c1. The lowest BCUT2D eigenvalue weighted by Gasteiger charge is -2.12. The summed E-state index contributed by atoms with van der Waals surface area (Å²) >= 11 is 7.51. The molecule has 0 aliphatic heterocycles. The highest BCUT2D eigenvalue weighted by molar-refractivity contribution is 8.00. The number of rotatable bonds is 5. The molecule has 2 aromatic rings. The normalized spacial score (nSPS) is 11.4. The zero-order valence-electron chi connectivity index (χ0n) is 14.5. The summed E-state index contributed by atoms with van der Waals surface area (Å²) in [4.78, 5) is 13.4. The summed E-state index contributed by atoms with van der Waals surface area (Å²) in [6, 6.07) is 8.43. The molecule has 0 aliphatic rings. The first-order valence-electron chi connectivity index (χ1n) is 7.58. The Bertz CT molecular complexity index is 901. The quantitative estimate of drug-likeness (QED) is 0.759. The minimum absolute atomic E-state index is 0.116. The number of halogens is 1. The van der Waals surface area contributed by atoms with Crippen molar-refractivity contribution in [3.8, 4) is 0 Å². The molecule has 0 saturated carbocycles. The molecule has 0 atom stereocenters. The second-order valence-electron chi connectivity index (χ2n) is 5.98. The van der Waals surface area contributed by atoms with E-state index in [9.17, 15) is 13.2 Å². The molecule has 0 radical (unpaired) electrons. The molecular formula is C18H20ClNO3S2. The van der Waals surface area contributed by atoms with Gasteiger partial charge in [-0.05, 0) is 50.1 Å². The van der Waals surface area contributed by atoms with Crippen LogP contribution in [0, 0.1) is 20.8 Å². The van der Waals surface area contributed by atoms with Crippen molar-refractivity contribution in [3.63, 3.8) is 0 Å². The maximum absolute atomic E-state index is 12.2. The van der Waals surface area contributed by atoms with Crippen LogP contribution in [0.1, 0.15) is 16.7 Å². The molecule has 0 saturated heterocycles. The van der Waals surface area contributed by atoms with E-state index in [-0.39, 0.29) is 16.6 Å². The summed E-state index contributed by atoms with van der Waals surface area (Å²) in [7, 11) is -3.36. The number of nitrogens with one attached hydrogen (secondary N) is 1. The van der Waals surface area contributed by atoms with Gasteiger partial charge in [-0.25, -0.2) is 8.42 Å². The van der Waals surface area contributed by atoms with E-state index in [0.717, 1.165) is 22.3 Å². The van der Waals surface area contributed by atoms with Crippen LogP contribution in [-0.4, -0.2) is 26.3 Å². The number of hydrogen-bond donors (Lipinski definition) is 1. The Balaban J connectivity index is 2.11. The van der Waals surface area contributed by atoms with E-state index in [0.29, 0.717) is 10.7 Å². The van der Waals surface area contributed by atoms with E-state index < -0.39 is 9.84 Å². The number of carbonyl (C=O) groups is 1. The summed E-state index contributed by atoms with van der Waals surface area (Å²) in [6.45, 7) is 6.08. The van der Waals surface area contributed by atoms with Crippen LogP contribution in [0.5, 0.6) is 0 Å². The first-order valence-corrected chi connectivity index (χ1v) is 10.8. The summed E-state index contributed by atoms with van der Waals surface area (Å²) in [5.74, 6) is -0.0265. The van der Waals surface area contributed by atoms with Crippen LogP contribution >= 0.6 is 23.4 Å². The van der Waals surface area contributed by atoms with Gasteiger partial charge in [-0.3, -0.25) is 4.79 Å². The first-order chi connectivity index (χ1) is 11.6. The Kier molecular flexibility index (Phi) is 6.19. The lowest BCUT2D eigenvalue weighted by atomic mass is 10.1. The molecule has 0 spiro atoms. The Labute approximate surface area is 157 Å². The molecular weight excluding hydrogens is 378 g/mol. The summed E-state index contributed by atoms with van der Waals surface area (Å²) in [5, 5.41) is 2.99. The smallest absolute Gasteiger partial charge is 0.234 e. The molecule has 134 valence electrons. The zero-order valence-corrected chi connectivity index (χ0v) is 16.9. The van der Waals surface area contributed by atoms with Crippen LogP contribution in [-0.2, 0) is 14.6 Å². The molecule has 0 bridgehead atoms. The van der Waals surface area contributed by atoms with E-state index in [1.165, 1.54) is 35.5 Å². The lowest BCUT2D eigenvalue weighted by Crippen LogP contribution is -2.15. The largest absolute Gasteiger partial charge is 0.324 e. The molecule has 2 aromatic carbocycles. The van der Waals surface area contributed by atoms with Crippen LogP contribution in [0.2, 0.25) is 5.02 Å². The number of amides is 1. The Morgan fingerprint density at radius 3 is 2.28 bits per heavy atom. The van der Waals surface area contributed by atoms with Crippen molar-refractivity contribution in [3.05, 3.63) is 52.0 Å². The maximum Gasteiger partial charge on any atom is 0.234 e. The monoisotopic (exact) mass is 397 g/mol. The summed E-state index contributed by atoms with van der Waals surface area (Å²) < 4.78 is 23.3. The van der Waals surface area contributed by atoms with Crippen molar-refractivity contribution in [1.82, 2.24) is 0 Å². The van der Waals surface area contributed by atoms with E-state index in [2.05, 4.69) is 17.4 Å². The minimum atomic E-state index is -3.36. The van der Waals surface area contributed by atoms with Gasteiger partial charge in [-0.15, -0.1) is 11.8 Å². The molecule has 1 N–H and O–H groups in total. The molecule has 7 heteroatoms. The van der Waals surface area contributed by atoms with Crippen molar-refractivity contribution >= 4 is 44.8 Å². The van der Waals surface area contributed by atoms with Crippen molar-refractivity contribution < 1.29 is 13.2 Å². The van der Waals surface area contributed by atoms with Gasteiger partial charge >= 0.3 is 0 Å². The third-order valence-corrected chi connectivity index (χ3v) is 6.37. The second-order valence-corrected chi connectivity index (χ2v) is 9.39. The van der Waals surface area contributed by atoms with Gasteiger partial charge < -0.3 is 5.32 Å². The molecule has 2 rings (SSSR count). The van der Waals surface area contributed by atoms with Gasteiger partial charge in [0, 0.05) is 11.2 Å². The fraction of sp³-hybridized carbons (Fsp3) is 0.278. The molecule has 1 amide bonds. The minimum Gasteiger partial charge on any atom is -0.324 e. The van der Waals surface area contributed by atoms with Crippen molar-refractivity contribution in [2.45, 2.75) is 30.6 Å². The fourth-order valence-corrected chi connectivity index (χ4v) is 4.28.